The van der Waals surface area contributed by atoms with Crippen LogP contribution < -0.4 is 5.43 Å². The molecule has 4 aromatic rings. The van der Waals surface area contributed by atoms with E-state index in [0.717, 1.165) is 6.07 Å². The zero-order valence-electron chi connectivity index (χ0n) is 10.7. The Bertz CT molecular complexity index is 1080. The molecule has 0 unspecified atom stereocenters. The normalized spacial score (nSPS) is 11.5. The lowest BCUT2D eigenvalue weighted by atomic mass is 10.0. The Kier molecular flexibility index (Phi) is 2.36. The van der Waals surface area contributed by atoms with E-state index >= 15 is 0 Å². The molecule has 0 aliphatic rings. The van der Waals surface area contributed by atoms with Gasteiger partial charge in [-0.15, -0.1) is 0 Å². The van der Waals surface area contributed by atoms with Gasteiger partial charge in [-0.3, -0.25) is 4.79 Å². The highest BCUT2D eigenvalue weighted by Gasteiger charge is 2.15. The Balaban J connectivity index is 2.38. The monoisotopic (exact) mass is 282 g/mol. The minimum Gasteiger partial charge on any atom is -0.456 e. The molecule has 0 aliphatic carbocycles. The number of para-hydroxylation sites is 1. The van der Waals surface area contributed by atoms with Gasteiger partial charge in [0.15, 0.2) is 11.6 Å². The number of hydrogen-bond acceptors (Lipinski definition) is 2. The molecular weight excluding hydrogens is 274 g/mol. The van der Waals surface area contributed by atoms with Gasteiger partial charge in [0.25, 0.3) is 0 Å². The number of rotatable bonds is 0. The predicted octanol–water partition coefficient (Wildman–Crippen LogP) is 4.38. The molecule has 4 heteroatoms. The van der Waals surface area contributed by atoms with Gasteiger partial charge in [-0.1, -0.05) is 24.3 Å². The van der Waals surface area contributed by atoms with Crippen molar-refractivity contribution in [1.29, 1.82) is 0 Å². The summed E-state index contributed by atoms with van der Waals surface area (Å²) in [6, 6.07) is 12.4. The molecule has 0 saturated heterocycles. The van der Waals surface area contributed by atoms with Crippen LogP contribution in [0.1, 0.15) is 0 Å². The highest BCUT2D eigenvalue weighted by molar-refractivity contribution is 6.08. The maximum absolute atomic E-state index is 14.2. The molecule has 0 bridgehead atoms. The smallest absolute Gasteiger partial charge is 0.201 e. The van der Waals surface area contributed by atoms with Crippen LogP contribution in [0.25, 0.3) is 32.7 Å². The first-order valence-corrected chi connectivity index (χ1v) is 6.39. The second-order valence-electron chi connectivity index (χ2n) is 4.83. The predicted molar refractivity (Wildman–Crippen MR) is 77.4 cm³/mol. The molecule has 4 rings (SSSR count). The Morgan fingerprint density at radius 2 is 1.57 bits per heavy atom. The first kappa shape index (κ1) is 12.0. The van der Waals surface area contributed by atoms with Crippen LogP contribution in [0.3, 0.4) is 0 Å². The third-order valence-corrected chi connectivity index (χ3v) is 3.62. The Hall–Kier alpha value is -2.75. The van der Waals surface area contributed by atoms with Crippen molar-refractivity contribution in [2.24, 2.45) is 0 Å². The SMILES string of the molecule is O=c1c2ccccc2oc2ccc3ccc(F)c(F)c3c12. The lowest BCUT2D eigenvalue weighted by Gasteiger charge is -2.06. The zero-order chi connectivity index (χ0) is 14.6. The second kappa shape index (κ2) is 4.12. The van der Waals surface area contributed by atoms with Crippen LogP contribution in [0, 0.1) is 11.6 Å². The van der Waals surface area contributed by atoms with Crippen LogP contribution >= 0.6 is 0 Å². The molecule has 0 aliphatic heterocycles. The molecule has 21 heavy (non-hydrogen) atoms. The molecule has 0 spiro atoms. The molecule has 102 valence electrons. The molecule has 1 heterocycles. The minimum absolute atomic E-state index is 0.0352. The highest BCUT2D eigenvalue weighted by Crippen LogP contribution is 2.29. The summed E-state index contributed by atoms with van der Waals surface area (Å²) in [6.07, 6.45) is 0. The van der Waals surface area contributed by atoms with E-state index in [1.807, 2.05) is 0 Å². The van der Waals surface area contributed by atoms with E-state index in [4.69, 9.17) is 4.42 Å². The summed E-state index contributed by atoms with van der Waals surface area (Å²) < 4.78 is 33.3. The van der Waals surface area contributed by atoms with Gasteiger partial charge in [0.05, 0.1) is 10.8 Å². The maximum atomic E-state index is 14.2. The van der Waals surface area contributed by atoms with Crippen molar-refractivity contribution in [2.75, 3.05) is 0 Å². The maximum Gasteiger partial charge on any atom is 0.201 e. The van der Waals surface area contributed by atoms with Crippen molar-refractivity contribution in [3.05, 3.63) is 70.4 Å². The van der Waals surface area contributed by atoms with E-state index in [-0.39, 0.29) is 21.8 Å². The van der Waals surface area contributed by atoms with Crippen molar-refractivity contribution < 1.29 is 13.2 Å². The summed E-state index contributed by atoms with van der Waals surface area (Å²) in [6.45, 7) is 0. The number of hydrogen-bond donors (Lipinski definition) is 0. The Morgan fingerprint density at radius 3 is 2.43 bits per heavy atom. The van der Waals surface area contributed by atoms with Gasteiger partial charge in [-0.2, -0.15) is 0 Å². The quantitative estimate of drug-likeness (QED) is 0.354. The van der Waals surface area contributed by atoms with E-state index in [2.05, 4.69) is 0 Å². The topological polar surface area (TPSA) is 30.2 Å². The molecule has 2 nitrogen and oxygen atoms in total. The Labute approximate surface area is 117 Å². The fraction of sp³-hybridized carbons (Fsp3) is 0. The lowest BCUT2D eigenvalue weighted by Crippen LogP contribution is -2.04. The van der Waals surface area contributed by atoms with Crippen molar-refractivity contribution >= 4 is 32.7 Å². The molecule has 0 radical (unpaired) electrons. The number of benzene rings is 3. The van der Waals surface area contributed by atoms with Gasteiger partial charge in [-0.05, 0) is 29.7 Å². The highest BCUT2D eigenvalue weighted by atomic mass is 19.2. The third kappa shape index (κ3) is 1.59. The van der Waals surface area contributed by atoms with Gasteiger partial charge in [0.2, 0.25) is 5.43 Å². The number of fused-ring (bicyclic) bond motifs is 4. The average Bonchev–Trinajstić information content (AvgIpc) is 2.51. The van der Waals surface area contributed by atoms with E-state index in [9.17, 15) is 13.6 Å². The van der Waals surface area contributed by atoms with Crippen LogP contribution in [-0.2, 0) is 0 Å². The minimum atomic E-state index is -1.03. The van der Waals surface area contributed by atoms with Gasteiger partial charge in [0, 0.05) is 5.39 Å². The standard InChI is InChI=1S/C17H8F2O2/c18-11-7-5-9-6-8-13-15(14(9)16(11)19)17(20)10-3-1-2-4-12(10)21-13/h1-8H. The molecule has 0 fully saturated rings. The molecule has 3 aromatic carbocycles. The van der Waals surface area contributed by atoms with Crippen LogP contribution in [0.5, 0.6) is 0 Å². The second-order valence-corrected chi connectivity index (χ2v) is 4.83. The molecule has 0 N–H and O–H groups in total. The summed E-state index contributed by atoms with van der Waals surface area (Å²) in [5.41, 5.74) is 0.309. The first-order chi connectivity index (χ1) is 10.2. The molecule has 0 saturated carbocycles. The lowest BCUT2D eigenvalue weighted by molar-refractivity contribution is 0.517. The third-order valence-electron chi connectivity index (χ3n) is 3.62. The van der Waals surface area contributed by atoms with Crippen molar-refractivity contribution in [1.82, 2.24) is 0 Å². The van der Waals surface area contributed by atoms with Crippen molar-refractivity contribution in [3.63, 3.8) is 0 Å². The van der Waals surface area contributed by atoms with Crippen molar-refractivity contribution in [2.45, 2.75) is 0 Å². The van der Waals surface area contributed by atoms with E-state index < -0.39 is 11.6 Å². The van der Waals surface area contributed by atoms with Crippen LogP contribution in [0.15, 0.2) is 57.7 Å². The Morgan fingerprint density at radius 1 is 0.810 bits per heavy atom. The van der Waals surface area contributed by atoms with Crippen LogP contribution in [0.4, 0.5) is 8.78 Å². The van der Waals surface area contributed by atoms with Gasteiger partial charge in [-0.25, -0.2) is 8.78 Å². The summed E-state index contributed by atoms with van der Waals surface area (Å²) in [4.78, 5) is 12.6. The molecule has 0 amide bonds. The zero-order valence-corrected chi connectivity index (χ0v) is 10.7. The van der Waals surface area contributed by atoms with Crippen LogP contribution in [0.2, 0.25) is 0 Å². The fourth-order valence-corrected chi connectivity index (χ4v) is 2.64. The van der Waals surface area contributed by atoms with Gasteiger partial charge < -0.3 is 4.42 Å². The van der Waals surface area contributed by atoms with E-state index in [0.29, 0.717) is 16.4 Å². The summed E-state index contributed by atoms with van der Waals surface area (Å²) in [5, 5.41) is 0.848. The van der Waals surface area contributed by atoms with E-state index in [1.165, 1.54) is 6.07 Å². The average molecular weight is 282 g/mol. The molecular formula is C17H8F2O2. The number of halogens is 2. The van der Waals surface area contributed by atoms with E-state index in [1.54, 1.807) is 36.4 Å². The molecule has 0 atom stereocenters. The summed E-state index contributed by atoms with van der Waals surface area (Å²) in [5.74, 6) is -2.01. The van der Waals surface area contributed by atoms with Gasteiger partial charge >= 0.3 is 0 Å². The van der Waals surface area contributed by atoms with Crippen molar-refractivity contribution in [3.8, 4) is 0 Å². The molecule has 1 aromatic heterocycles. The summed E-state index contributed by atoms with van der Waals surface area (Å²) >= 11 is 0. The van der Waals surface area contributed by atoms with Crippen LogP contribution in [-0.4, -0.2) is 0 Å². The summed E-state index contributed by atoms with van der Waals surface area (Å²) in [7, 11) is 0. The van der Waals surface area contributed by atoms with Gasteiger partial charge in [0.1, 0.15) is 11.2 Å². The largest absolute Gasteiger partial charge is 0.456 e. The first-order valence-electron chi connectivity index (χ1n) is 6.39. The fourth-order valence-electron chi connectivity index (χ4n) is 2.64.